The van der Waals surface area contributed by atoms with Gasteiger partial charge in [0.25, 0.3) is 0 Å². The Morgan fingerprint density at radius 2 is 1.63 bits per heavy atom. The van der Waals surface area contributed by atoms with Crippen molar-refractivity contribution in [1.29, 1.82) is 0 Å². The van der Waals surface area contributed by atoms with Crippen LogP contribution in [0.3, 0.4) is 0 Å². The molecule has 0 saturated carbocycles. The first-order valence-corrected chi connectivity index (χ1v) is 10.0. The standard InChI is InChI=1S/C23H28O7/c1-17(24)27-15-20(16-28-18(2)25)14-19-10-12-22(13-11-19)30-23(26)29-21-8-6-4-3-5-7-9-21/h6,8,10-14,21H,3-5,7,9,15-16H2,1-2H3/b8-6+. The molecule has 162 valence electrons. The molecule has 7 nitrogen and oxygen atoms in total. The van der Waals surface area contributed by atoms with Gasteiger partial charge in [0, 0.05) is 19.4 Å². The van der Waals surface area contributed by atoms with E-state index in [1.165, 1.54) is 13.8 Å². The Labute approximate surface area is 176 Å². The second-order valence-electron chi connectivity index (χ2n) is 7.01. The molecular weight excluding hydrogens is 388 g/mol. The summed E-state index contributed by atoms with van der Waals surface area (Å²) in [5.74, 6) is -0.497. The van der Waals surface area contributed by atoms with E-state index >= 15 is 0 Å². The van der Waals surface area contributed by atoms with E-state index in [9.17, 15) is 14.4 Å². The van der Waals surface area contributed by atoms with E-state index < -0.39 is 18.1 Å². The predicted octanol–water partition coefficient (Wildman–Crippen LogP) is 4.60. The van der Waals surface area contributed by atoms with Gasteiger partial charge in [0.05, 0.1) is 0 Å². The number of ether oxygens (including phenoxy) is 4. The molecule has 1 atom stereocenters. The predicted molar refractivity (Wildman–Crippen MR) is 111 cm³/mol. The molecule has 30 heavy (non-hydrogen) atoms. The quantitative estimate of drug-likeness (QED) is 0.278. The molecule has 1 aromatic rings. The van der Waals surface area contributed by atoms with Crippen LogP contribution in [0.15, 0.2) is 42.0 Å². The van der Waals surface area contributed by atoms with E-state index in [2.05, 4.69) is 0 Å². The van der Waals surface area contributed by atoms with Crippen molar-refractivity contribution in [3.8, 4) is 5.75 Å². The summed E-state index contributed by atoms with van der Waals surface area (Å²) in [4.78, 5) is 34.1. The van der Waals surface area contributed by atoms with Crippen LogP contribution in [0, 0.1) is 0 Å². The maximum atomic E-state index is 12.1. The molecule has 0 amide bonds. The SMILES string of the molecule is CC(=O)OCC(=Cc1ccc(OC(=O)OC2/C=C/CCCCC2)cc1)COC(C)=O. The van der Waals surface area contributed by atoms with Crippen LogP contribution < -0.4 is 4.74 Å². The highest BCUT2D eigenvalue weighted by atomic mass is 16.7. The van der Waals surface area contributed by atoms with Crippen molar-refractivity contribution >= 4 is 24.2 Å². The molecule has 0 aliphatic heterocycles. The van der Waals surface area contributed by atoms with Gasteiger partial charge >= 0.3 is 18.1 Å². The first-order chi connectivity index (χ1) is 14.4. The van der Waals surface area contributed by atoms with Gasteiger partial charge in [0.1, 0.15) is 25.1 Å². The fourth-order valence-electron chi connectivity index (χ4n) is 2.85. The van der Waals surface area contributed by atoms with E-state index in [-0.39, 0.29) is 19.3 Å². The topological polar surface area (TPSA) is 88.1 Å². The van der Waals surface area contributed by atoms with Gasteiger partial charge in [-0.25, -0.2) is 4.79 Å². The normalized spacial score (nSPS) is 16.9. The lowest BCUT2D eigenvalue weighted by atomic mass is 10.0. The lowest BCUT2D eigenvalue weighted by Gasteiger charge is -2.15. The molecule has 0 N–H and O–H groups in total. The average molecular weight is 416 g/mol. The van der Waals surface area contributed by atoms with Gasteiger partial charge < -0.3 is 18.9 Å². The first kappa shape index (κ1) is 23.2. The van der Waals surface area contributed by atoms with E-state index in [1.54, 1.807) is 30.3 Å². The highest BCUT2D eigenvalue weighted by molar-refractivity contribution is 5.68. The third-order valence-corrected chi connectivity index (χ3v) is 4.33. The van der Waals surface area contributed by atoms with Crippen LogP contribution in [0.2, 0.25) is 0 Å². The molecule has 1 unspecified atom stereocenters. The fraction of sp³-hybridized carbons (Fsp3) is 0.435. The summed E-state index contributed by atoms with van der Waals surface area (Å²) in [6.45, 7) is 2.65. The molecule has 0 aromatic heterocycles. The number of carbonyl (C=O) groups excluding carboxylic acids is 3. The fourth-order valence-corrected chi connectivity index (χ4v) is 2.85. The Kier molecular flexibility index (Phi) is 9.64. The molecular formula is C23H28O7. The zero-order chi connectivity index (χ0) is 21.8. The molecule has 2 rings (SSSR count). The maximum Gasteiger partial charge on any atom is 0.514 e. The second kappa shape index (κ2) is 12.5. The largest absolute Gasteiger partial charge is 0.514 e. The summed E-state index contributed by atoms with van der Waals surface area (Å²) in [6, 6.07) is 6.74. The Hall–Kier alpha value is -3.09. The van der Waals surface area contributed by atoms with Crippen molar-refractivity contribution in [2.45, 2.75) is 52.1 Å². The van der Waals surface area contributed by atoms with Crippen molar-refractivity contribution in [3.63, 3.8) is 0 Å². The molecule has 0 fully saturated rings. The van der Waals surface area contributed by atoms with Crippen LogP contribution in [0.4, 0.5) is 4.79 Å². The first-order valence-electron chi connectivity index (χ1n) is 10.0. The summed E-state index contributed by atoms with van der Waals surface area (Å²) in [5, 5.41) is 0. The third-order valence-electron chi connectivity index (χ3n) is 4.33. The van der Waals surface area contributed by atoms with Gasteiger partial charge in [-0.05, 0) is 55.5 Å². The molecule has 0 saturated heterocycles. The Bertz CT molecular complexity index is 757. The van der Waals surface area contributed by atoms with Crippen LogP contribution >= 0.6 is 0 Å². The van der Waals surface area contributed by atoms with Crippen LogP contribution in [0.1, 0.15) is 51.5 Å². The van der Waals surface area contributed by atoms with Crippen molar-refractivity contribution in [3.05, 3.63) is 47.6 Å². The van der Waals surface area contributed by atoms with Crippen molar-refractivity contribution in [2.24, 2.45) is 0 Å². The van der Waals surface area contributed by atoms with E-state index in [0.29, 0.717) is 11.3 Å². The summed E-state index contributed by atoms with van der Waals surface area (Å²) in [6.07, 6.45) is 9.82. The Morgan fingerprint density at radius 3 is 2.27 bits per heavy atom. The number of hydrogen-bond acceptors (Lipinski definition) is 7. The number of benzene rings is 1. The summed E-state index contributed by atoms with van der Waals surface area (Å²) < 4.78 is 20.6. The van der Waals surface area contributed by atoms with E-state index in [1.807, 2.05) is 12.2 Å². The molecule has 1 aliphatic rings. The molecule has 0 radical (unpaired) electrons. The van der Waals surface area contributed by atoms with Crippen LogP contribution in [0.5, 0.6) is 5.75 Å². The zero-order valence-corrected chi connectivity index (χ0v) is 17.4. The number of hydrogen-bond donors (Lipinski definition) is 0. The lowest BCUT2D eigenvalue weighted by molar-refractivity contribution is -0.141. The van der Waals surface area contributed by atoms with E-state index in [4.69, 9.17) is 18.9 Å². The van der Waals surface area contributed by atoms with Gasteiger partial charge in [0.15, 0.2) is 0 Å². The van der Waals surface area contributed by atoms with Crippen molar-refractivity contribution in [2.75, 3.05) is 13.2 Å². The second-order valence-corrected chi connectivity index (χ2v) is 7.01. The summed E-state index contributed by atoms with van der Waals surface area (Å²) >= 11 is 0. The van der Waals surface area contributed by atoms with Crippen LogP contribution in [0.25, 0.3) is 6.08 Å². The number of esters is 2. The maximum absolute atomic E-state index is 12.1. The number of rotatable bonds is 7. The van der Waals surface area contributed by atoms with Crippen molar-refractivity contribution in [1.82, 2.24) is 0 Å². The van der Waals surface area contributed by atoms with Crippen LogP contribution in [-0.2, 0) is 23.8 Å². The lowest BCUT2D eigenvalue weighted by Crippen LogP contribution is -2.19. The summed E-state index contributed by atoms with van der Waals surface area (Å²) in [5.41, 5.74) is 1.39. The Morgan fingerprint density at radius 1 is 0.967 bits per heavy atom. The molecule has 0 spiro atoms. The molecule has 7 heteroatoms. The minimum absolute atomic E-state index is 0.0160. The van der Waals surface area contributed by atoms with Gasteiger partial charge in [-0.2, -0.15) is 0 Å². The third kappa shape index (κ3) is 9.41. The van der Waals surface area contributed by atoms with Gasteiger partial charge in [-0.15, -0.1) is 0 Å². The van der Waals surface area contributed by atoms with Gasteiger partial charge in [0.2, 0.25) is 0 Å². The zero-order valence-electron chi connectivity index (χ0n) is 17.4. The summed E-state index contributed by atoms with van der Waals surface area (Å²) in [7, 11) is 0. The van der Waals surface area contributed by atoms with Gasteiger partial charge in [-0.1, -0.05) is 24.6 Å². The highest BCUT2D eigenvalue weighted by Crippen LogP contribution is 2.18. The minimum Gasteiger partial charge on any atom is -0.461 e. The molecule has 0 bridgehead atoms. The van der Waals surface area contributed by atoms with Crippen LogP contribution in [-0.4, -0.2) is 37.4 Å². The van der Waals surface area contributed by atoms with E-state index in [0.717, 1.165) is 37.7 Å². The van der Waals surface area contributed by atoms with Gasteiger partial charge in [-0.3, -0.25) is 9.59 Å². The minimum atomic E-state index is -0.737. The number of carbonyl (C=O) groups is 3. The number of allylic oxidation sites excluding steroid dienone is 1. The smallest absolute Gasteiger partial charge is 0.461 e. The van der Waals surface area contributed by atoms with Crippen molar-refractivity contribution < 1.29 is 33.3 Å². The Balaban J connectivity index is 1.94. The highest BCUT2D eigenvalue weighted by Gasteiger charge is 2.14. The molecule has 1 aromatic carbocycles. The monoisotopic (exact) mass is 416 g/mol. The molecule has 0 heterocycles. The average Bonchev–Trinajstić information content (AvgIpc) is 2.67. The molecule has 1 aliphatic carbocycles.